The third kappa shape index (κ3) is 4.58. The van der Waals surface area contributed by atoms with Crippen molar-refractivity contribution < 1.29 is 13.2 Å². The number of carbonyl (C=O) groups excluding carboxylic acids is 1. The quantitative estimate of drug-likeness (QED) is 0.678. The molecule has 0 radical (unpaired) electrons. The number of fused-ring (bicyclic) bond motifs is 1. The number of carbonyl (C=O) groups is 1. The van der Waals surface area contributed by atoms with Gasteiger partial charge in [-0.1, -0.05) is 48.5 Å². The molecule has 0 bridgehead atoms. The van der Waals surface area contributed by atoms with Crippen molar-refractivity contribution in [2.24, 2.45) is 5.92 Å². The van der Waals surface area contributed by atoms with Crippen LogP contribution in [0.3, 0.4) is 0 Å². The van der Waals surface area contributed by atoms with Crippen LogP contribution in [0.5, 0.6) is 0 Å². The molecule has 6 nitrogen and oxygen atoms in total. The van der Waals surface area contributed by atoms with Gasteiger partial charge in [0.1, 0.15) is 0 Å². The van der Waals surface area contributed by atoms with E-state index < -0.39 is 10.0 Å². The van der Waals surface area contributed by atoms with Crippen molar-refractivity contribution in [2.75, 3.05) is 18.4 Å². The number of hydrogen-bond donors (Lipinski definition) is 1. The highest BCUT2D eigenvalue weighted by Gasteiger charge is 2.30. The minimum absolute atomic E-state index is 0.0926. The monoisotopic (exact) mass is 421 g/mol. The number of pyridine rings is 1. The fourth-order valence-corrected chi connectivity index (χ4v) is 4.85. The summed E-state index contributed by atoms with van der Waals surface area (Å²) in [5.41, 5.74) is 2.26. The Morgan fingerprint density at radius 3 is 2.50 bits per heavy atom. The van der Waals surface area contributed by atoms with Crippen LogP contribution < -0.4 is 5.32 Å². The summed E-state index contributed by atoms with van der Waals surface area (Å²) < 4.78 is 26.6. The summed E-state index contributed by atoms with van der Waals surface area (Å²) in [6, 6.07) is 18.8. The summed E-state index contributed by atoms with van der Waals surface area (Å²) in [5, 5.41) is 5.17. The summed E-state index contributed by atoms with van der Waals surface area (Å²) in [6.45, 7) is 0.653. The van der Waals surface area contributed by atoms with Gasteiger partial charge in [0.15, 0.2) is 0 Å². The normalized spacial score (nSPS) is 16.1. The number of sulfonamides is 1. The molecule has 2 aromatic carbocycles. The Bertz CT molecular complexity index is 1160. The fraction of sp³-hybridized carbons (Fsp3) is 0.217. The average molecular weight is 422 g/mol. The molecule has 0 unspecified atom stereocenters. The average Bonchev–Trinajstić information content (AvgIpc) is 2.79. The first-order valence-electron chi connectivity index (χ1n) is 9.91. The lowest BCUT2D eigenvalue weighted by Crippen LogP contribution is -2.40. The molecule has 1 fully saturated rings. The highest BCUT2D eigenvalue weighted by molar-refractivity contribution is 7.92. The van der Waals surface area contributed by atoms with E-state index in [1.54, 1.807) is 12.3 Å². The maximum Gasteiger partial charge on any atom is 0.236 e. The molecule has 30 heavy (non-hydrogen) atoms. The number of nitrogens with one attached hydrogen (secondary N) is 1. The molecule has 1 aromatic heterocycles. The molecule has 1 amide bonds. The van der Waals surface area contributed by atoms with E-state index in [-0.39, 0.29) is 11.8 Å². The number of rotatable bonds is 5. The third-order valence-electron chi connectivity index (χ3n) is 5.31. The molecule has 1 aliphatic rings. The molecule has 154 valence electrons. The van der Waals surface area contributed by atoms with Crippen molar-refractivity contribution in [1.82, 2.24) is 9.29 Å². The molecule has 1 N–H and O–H groups in total. The Morgan fingerprint density at radius 1 is 1.00 bits per heavy atom. The number of amides is 1. The first-order chi connectivity index (χ1) is 14.5. The number of hydrogen-bond acceptors (Lipinski definition) is 4. The predicted molar refractivity (Wildman–Crippen MR) is 119 cm³/mol. The van der Waals surface area contributed by atoms with Crippen molar-refractivity contribution in [1.29, 1.82) is 0 Å². The zero-order valence-electron chi connectivity index (χ0n) is 16.4. The highest BCUT2D eigenvalue weighted by atomic mass is 32.2. The lowest BCUT2D eigenvalue weighted by atomic mass is 9.97. The van der Waals surface area contributed by atoms with Gasteiger partial charge in [-0.15, -0.1) is 0 Å². The Kier molecular flexibility index (Phi) is 5.92. The molecule has 0 saturated carbocycles. The van der Waals surface area contributed by atoms with E-state index >= 15 is 0 Å². The molecule has 7 heteroatoms. The predicted octanol–water partition coefficient (Wildman–Crippen LogP) is 3.89. The molecule has 2 heterocycles. The Hall–Kier alpha value is -3.03. The number of para-hydroxylation sites is 1. The summed E-state index contributed by atoms with van der Waals surface area (Å²) in [7, 11) is -3.51. The van der Waals surface area contributed by atoms with Crippen LogP contribution in [0.4, 0.5) is 5.69 Å². The molecule has 4 rings (SSSR count). The molecular weight excluding hydrogens is 398 g/mol. The van der Waals surface area contributed by atoms with Gasteiger partial charge in [0.2, 0.25) is 15.9 Å². The number of benzene rings is 2. The lowest BCUT2D eigenvalue weighted by molar-refractivity contribution is -0.120. The number of nitrogens with zero attached hydrogens (tertiary/aromatic N) is 2. The first-order valence-corrected chi connectivity index (χ1v) is 11.4. The highest BCUT2D eigenvalue weighted by Crippen LogP contribution is 2.25. The number of aromatic nitrogens is 1. The second-order valence-electron chi connectivity index (χ2n) is 7.30. The standard InChI is InChI=1S/C23H23N3O3S/c27-23(25-21-10-4-8-19-9-5-14-24-22(19)21)20-11-15-26(16-12-20)30(28,29)17-13-18-6-2-1-3-7-18/h1-10,13-14,17,20H,11-12,15-16H2,(H,25,27)/b17-13+. The zero-order valence-corrected chi connectivity index (χ0v) is 17.3. The van der Waals surface area contributed by atoms with Crippen LogP contribution in [0.2, 0.25) is 0 Å². The van der Waals surface area contributed by atoms with Gasteiger partial charge in [-0.05, 0) is 36.6 Å². The minimum atomic E-state index is -3.51. The number of piperidine rings is 1. The summed E-state index contributed by atoms with van der Waals surface area (Å²) in [5.74, 6) is -0.321. The van der Waals surface area contributed by atoms with Crippen molar-refractivity contribution in [2.45, 2.75) is 12.8 Å². The SMILES string of the molecule is O=C(Nc1cccc2cccnc12)C1CCN(S(=O)(=O)/C=C/c2ccccc2)CC1. The lowest BCUT2D eigenvalue weighted by Gasteiger charge is -2.29. The van der Waals surface area contributed by atoms with Gasteiger partial charge in [-0.25, -0.2) is 8.42 Å². The van der Waals surface area contributed by atoms with Crippen LogP contribution in [-0.2, 0) is 14.8 Å². The van der Waals surface area contributed by atoms with Crippen molar-refractivity contribution >= 4 is 38.6 Å². The van der Waals surface area contributed by atoms with Crippen LogP contribution >= 0.6 is 0 Å². The smallest absolute Gasteiger partial charge is 0.236 e. The minimum Gasteiger partial charge on any atom is -0.324 e. The zero-order chi connectivity index (χ0) is 21.0. The van der Waals surface area contributed by atoms with E-state index in [4.69, 9.17) is 0 Å². The second kappa shape index (κ2) is 8.77. The van der Waals surface area contributed by atoms with E-state index in [2.05, 4.69) is 10.3 Å². The largest absolute Gasteiger partial charge is 0.324 e. The van der Waals surface area contributed by atoms with Crippen LogP contribution in [0.1, 0.15) is 18.4 Å². The van der Waals surface area contributed by atoms with Crippen molar-refractivity contribution in [3.8, 4) is 0 Å². The Labute approximate surface area is 176 Å². The van der Waals surface area contributed by atoms with Gasteiger partial charge in [0.05, 0.1) is 11.2 Å². The van der Waals surface area contributed by atoms with Gasteiger partial charge in [-0.2, -0.15) is 4.31 Å². The summed E-state index contributed by atoms with van der Waals surface area (Å²) in [6.07, 6.45) is 4.27. The Balaban J connectivity index is 1.38. The molecule has 0 atom stereocenters. The number of anilines is 1. The topological polar surface area (TPSA) is 79.4 Å². The van der Waals surface area contributed by atoms with Gasteiger partial charge in [-0.3, -0.25) is 9.78 Å². The van der Waals surface area contributed by atoms with Crippen LogP contribution in [0, 0.1) is 5.92 Å². The van der Waals surface area contributed by atoms with Crippen molar-refractivity contribution in [3.63, 3.8) is 0 Å². The van der Waals surface area contributed by atoms with Crippen LogP contribution in [0.15, 0.2) is 72.3 Å². The maximum atomic E-state index is 12.8. The van der Waals surface area contributed by atoms with E-state index in [0.717, 1.165) is 16.5 Å². The molecule has 3 aromatic rings. The molecule has 1 aliphatic heterocycles. The van der Waals surface area contributed by atoms with E-state index in [1.807, 2.05) is 60.7 Å². The van der Waals surface area contributed by atoms with Gasteiger partial charge in [0.25, 0.3) is 0 Å². The van der Waals surface area contributed by atoms with E-state index in [9.17, 15) is 13.2 Å². The summed E-state index contributed by atoms with van der Waals surface area (Å²) in [4.78, 5) is 17.1. The van der Waals surface area contributed by atoms with E-state index in [1.165, 1.54) is 9.71 Å². The third-order valence-corrected chi connectivity index (χ3v) is 6.87. The molecule has 1 saturated heterocycles. The second-order valence-corrected chi connectivity index (χ2v) is 9.12. The van der Waals surface area contributed by atoms with Gasteiger partial charge < -0.3 is 5.32 Å². The van der Waals surface area contributed by atoms with Crippen LogP contribution in [0.25, 0.3) is 17.0 Å². The molecule has 0 aliphatic carbocycles. The van der Waals surface area contributed by atoms with E-state index in [0.29, 0.717) is 31.6 Å². The molecule has 0 spiro atoms. The Morgan fingerprint density at radius 2 is 1.73 bits per heavy atom. The molecular formula is C23H23N3O3S. The fourth-order valence-electron chi connectivity index (χ4n) is 3.63. The first kappa shape index (κ1) is 20.3. The van der Waals surface area contributed by atoms with Gasteiger partial charge >= 0.3 is 0 Å². The maximum absolute atomic E-state index is 12.8. The van der Waals surface area contributed by atoms with Crippen molar-refractivity contribution in [3.05, 3.63) is 77.8 Å². The summed E-state index contributed by atoms with van der Waals surface area (Å²) >= 11 is 0. The van der Waals surface area contributed by atoms with Gasteiger partial charge in [0, 0.05) is 36.0 Å². The van der Waals surface area contributed by atoms with Crippen LogP contribution in [-0.4, -0.2) is 36.7 Å².